The molecule has 27 heavy (non-hydrogen) atoms. The van der Waals surface area contributed by atoms with Gasteiger partial charge in [-0.1, -0.05) is 12.1 Å². The summed E-state index contributed by atoms with van der Waals surface area (Å²) in [7, 11) is 0. The zero-order valence-electron chi connectivity index (χ0n) is 14.8. The molecule has 1 aromatic carbocycles. The lowest BCUT2D eigenvalue weighted by atomic mass is 9.97. The first kappa shape index (κ1) is 17.9. The highest BCUT2D eigenvalue weighted by atomic mass is 32.1. The molecule has 2 fully saturated rings. The summed E-state index contributed by atoms with van der Waals surface area (Å²) in [6.07, 6.45) is 3.79. The number of anilines is 2. The number of nitrogens with one attached hydrogen (secondary N) is 2. The number of amides is 3. The Labute approximate surface area is 160 Å². The highest BCUT2D eigenvalue weighted by molar-refractivity contribution is 7.13. The molecule has 2 N–H and O–H groups in total. The fraction of sp³-hybridized carbons (Fsp3) is 0.421. The summed E-state index contributed by atoms with van der Waals surface area (Å²) in [6.45, 7) is 0.861. The van der Waals surface area contributed by atoms with Gasteiger partial charge < -0.3 is 15.5 Å². The first-order chi connectivity index (χ1) is 13.1. The minimum atomic E-state index is -0.479. The number of hydrogen-bond acceptors (Lipinski definition) is 4. The van der Waals surface area contributed by atoms with Crippen LogP contribution >= 0.6 is 11.3 Å². The second kappa shape index (κ2) is 7.64. The van der Waals surface area contributed by atoms with Gasteiger partial charge in [-0.2, -0.15) is 0 Å². The molecule has 2 heterocycles. The molecule has 8 heteroatoms. The fourth-order valence-corrected chi connectivity index (χ4v) is 4.05. The van der Waals surface area contributed by atoms with Crippen LogP contribution < -0.4 is 10.6 Å². The topological polar surface area (TPSA) is 74.3 Å². The van der Waals surface area contributed by atoms with Gasteiger partial charge in [-0.3, -0.25) is 4.79 Å². The van der Waals surface area contributed by atoms with Crippen molar-refractivity contribution in [3.8, 4) is 0 Å². The lowest BCUT2D eigenvalue weighted by molar-refractivity contribution is -0.121. The average molecular weight is 388 g/mol. The third-order valence-corrected chi connectivity index (χ3v) is 5.72. The van der Waals surface area contributed by atoms with Gasteiger partial charge in [-0.25, -0.2) is 14.2 Å². The van der Waals surface area contributed by atoms with E-state index < -0.39 is 5.82 Å². The molecule has 142 valence electrons. The number of carbonyl (C=O) groups is 2. The standard InChI is InChI=1S/C19H21FN4O2S/c20-14-5-1-2-6-15(14)22-19(26)24-9-3-4-13(10-24)17(25)23-18-21-16(11-27-18)12-7-8-12/h1-2,5-6,11-13H,3-4,7-10H2,(H,22,26)(H,21,23,25)/t13-/m0/s1. The molecule has 2 aromatic rings. The van der Waals surface area contributed by atoms with Gasteiger partial charge in [0.15, 0.2) is 5.13 Å². The first-order valence-electron chi connectivity index (χ1n) is 9.17. The number of aromatic nitrogens is 1. The van der Waals surface area contributed by atoms with Crippen molar-refractivity contribution >= 4 is 34.1 Å². The molecule has 1 saturated carbocycles. The maximum atomic E-state index is 13.7. The lowest BCUT2D eigenvalue weighted by Crippen LogP contribution is -2.45. The molecule has 3 amide bonds. The van der Waals surface area contributed by atoms with Crippen LogP contribution in [-0.2, 0) is 4.79 Å². The number of thiazole rings is 1. The van der Waals surface area contributed by atoms with Gasteiger partial charge in [-0.05, 0) is 37.8 Å². The molecule has 0 bridgehead atoms. The summed E-state index contributed by atoms with van der Waals surface area (Å²) in [4.78, 5) is 31.1. The third-order valence-electron chi connectivity index (χ3n) is 4.94. The molecule has 6 nitrogen and oxygen atoms in total. The molecule has 1 saturated heterocycles. The van der Waals surface area contributed by atoms with Crippen molar-refractivity contribution in [1.29, 1.82) is 0 Å². The predicted molar refractivity (Wildman–Crippen MR) is 102 cm³/mol. The van der Waals surface area contributed by atoms with Gasteiger partial charge in [0, 0.05) is 24.4 Å². The fourth-order valence-electron chi connectivity index (χ4n) is 3.25. The van der Waals surface area contributed by atoms with Crippen molar-refractivity contribution in [2.75, 3.05) is 23.7 Å². The van der Waals surface area contributed by atoms with E-state index in [-0.39, 0.29) is 23.5 Å². The molecule has 1 atom stereocenters. The van der Waals surface area contributed by atoms with E-state index in [9.17, 15) is 14.0 Å². The Morgan fingerprint density at radius 3 is 2.78 bits per heavy atom. The number of rotatable bonds is 4. The zero-order valence-corrected chi connectivity index (χ0v) is 15.6. The van der Waals surface area contributed by atoms with E-state index >= 15 is 0 Å². The van der Waals surface area contributed by atoms with Crippen molar-refractivity contribution in [3.63, 3.8) is 0 Å². The normalized spacial score (nSPS) is 19.6. The average Bonchev–Trinajstić information content (AvgIpc) is 3.43. The van der Waals surface area contributed by atoms with Crippen LogP contribution in [0.15, 0.2) is 29.6 Å². The molecule has 4 rings (SSSR count). The van der Waals surface area contributed by atoms with Crippen molar-refractivity contribution in [2.45, 2.75) is 31.6 Å². The Morgan fingerprint density at radius 2 is 2.00 bits per heavy atom. The quantitative estimate of drug-likeness (QED) is 0.830. The number of piperidine rings is 1. The van der Waals surface area contributed by atoms with Crippen LogP contribution in [0.5, 0.6) is 0 Å². The Balaban J connectivity index is 1.34. The van der Waals surface area contributed by atoms with Crippen molar-refractivity contribution < 1.29 is 14.0 Å². The second-order valence-corrected chi connectivity index (χ2v) is 7.89. The van der Waals surface area contributed by atoms with E-state index in [1.54, 1.807) is 17.0 Å². The molecule has 0 radical (unpaired) electrons. The minimum Gasteiger partial charge on any atom is -0.324 e. The number of benzene rings is 1. The predicted octanol–water partition coefficient (Wildman–Crippen LogP) is 4.04. The van der Waals surface area contributed by atoms with Gasteiger partial charge in [0.25, 0.3) is 0 Å². The number of para-hydroxylation sites is 1. The van der Waals surface area contributed by atoms with E-state index in [0.717, 1.165) is 18.5 Å². The monoisotopic (exact) mass is 388 g/mol. The summed E-state index contributed by atoms with van der Waals surface area (Å²) in [5.41, 5.74) is 1.20. The van der Waals surface area contributed by atoms with Gasteiger partial charge in [0.05, 0.1) is 17.3 Å². The maximum absolute atomic E-state index is 13.7. The van der Waals surface area contributed by atoms with E-state index in [4.69, 9.17) is 0 Å². The highest BCUT2D eigenvalue weighted by Crippen LogP contribution is 2.41. The number of hydrogen-bond donors (Lipinski definition) is 2. The van der Waals surface area contributed by atoms with E-state index in [0.29, 0.717) is 24.1 Å². The van der Waals surface area contributed by atoms with Crippen LogP contribution in [0.1, 0.15) is 37.3 Å². The molecule has 0 spiro atoms. The number of halogens is 1. The summed E-state index contributed by atoms with van der Waals surface area (Å²) in [5, 5.41) is 8.09. The zero-order chi connectivity index (χ0) is 18.8. The molecule has 1 aliphatic heterocycles. The van der Waals surface area contributed by atoms with Gasteiger partial charge in [-0.15, -0.1) is 11.3 Å². The summed E-state index contributed by atoms with van der Waals surface area (Å²) >= 11 is 1.44. The van der Waals surface area contributed by atoms with Crippen LogP contribution in [0.2, 0.25) is 0 Å². The van der Waals surface area contributed by atoms with Crippen LogP contribution in [0.25, 0.3) is 0 Å². The molecule has 0 unspecified atom stereocenters. The summed E-state index contributed by atoms with van der Waals surface area (Å²) in [5.74, 6) is -0.333. The van der Waals surface area contributed by atoms with Crippen molar-refractivity contribution in [3.05, 3.63) is 41.2 Å². The lowest BCUT2D eigenvalue weighted by Gasteiger charge is -2.31. The van der Waals surface area contributed by atoms with E-state index in [1.165, 1.54) is 36.3 Å². The Morgan fingerprint density at radius 1 is 1.19 bits per heavy atom. The van der Waals surface area contributed by atoms with Crippen LogP contribution in [0.3, 0.4) is 0 Å². The van der Waals surface area contributed by atoms with Gasteiger partial charge >= 0.3 is 6.03 Å². The third kappa shape index (κ3) is 4.27. The van der Waals surface area contributed by atoms with Crippen molar-refractivity contribution in [2.24, 2.45) is 5.92 Å². The highest BCUT2D eigenvalue weighted by Gasteiger charge is 2.30. The smallest absolute Gasteiger partial charge is 0.321 e. The van der Waals surface area contributed by atoms with Gasteiger partial charge in [0.1, 0.15) is 5.82 Å². The maximum Gasteiger partial charge on any atom is 0.321 e. The Bertz CT molecular complexity index is 852. The summed E-state index contributed by atoms with van der Waals surface area (Å²) < 4.78 is 13.7. The molecule has 1 aliphatic carbocycles. The largest absolute Gasteiger partial charge is 0.324 e. The number of nitrogens with zero attached hydrogens (tertiary/aromatic N) is 2. The second-order valence-electron chi connectivity index (χ2n) is 7.04. The minimum absolute atomic E-state index is 0.116. The Kier molecular flexibility index (Phi) is 5.07. The molecular weight excluding hydrogens is 367 g/mol. The number of likely N-dealkylation sites (tertiary alicyclic amines) is 1. The molecule has 1 aromatic heterocycles. The van der Waals surface area contributed by atoms with E-state index in [2.05, 4.69) is 15.6 Å². The molecule has 2 aliphatic rings. The van der Waals surface area contributed by atoms with E-state index in [1.807, 2.05) is 5.38 Å². The van der Waals surface area contributed by atoms with Gasteiger partial charge in [0.2, 0.25) is 5.91 Å². The first-order valence-corrected chi connectivity index (χ1v) is 10.0. The summed E-state index contributed by atoms with van der Waals surface area (Å²) in [6, 6.07) is 5.66. The van der Waals surface area contributed by atoms with Crippen LogP contribution in [0, 0.1) is 11.7 Å². The number of carbonyl (C=O) groups excluding carboxylic acids is 2. The van der Waals surface area contributed by atoms with Crippen LogP contribution in [0.4, 0.5) is 20.0 Å². The molecular formula is C19H21FN4O2S. The number of urea groups is 1. The van der Waals surface area contributed by atoms with Crippen molar-refractivity contribution in [1.82, 2.24) is 9.88 Å². The van der Waals surface area contributed by atoms with Crippen LogP contribution in [-0.4, -0.2) is 34.9 Å². The Hall–Kier alpha value is -2.48. The SMILES string of the molecule is O=C(Nc1nc(C2CC2)cs1)[C@H]1CCCN(C(=O)Nc2ccccc2F)C1.